The number of fused-ring (bicyclic) bond motifs is 1. The van der Waals surface area contributed by atoms with E-state index in [1.807, 2.05) is 0 Å². The lowest BCUT2D eigenvalue weighted by Crippen LogP contribution is -2.33. The number of rotatable bonds is 5. The number of anilines is 1. The molecule has 7 nitrogen and oxygen atoms in total. The molecule has 1 atom stereocenters. The molecule has 0 saturated heterocycles. The number of methoxy groups -OCH3 is 1. The fourth-order valence-corrected chi connectivity index (χ4v) is 3.75. The van der Waals surface area contributed by atoms with Gasteiger partial charge >= 0.3 is 0 Å². The first kappa shape index (κ1) is 18.1. The molecule has 0 spiro atoms. The van der Waals surface area contributed by atoms with Crippen LogP contribution in [-0.2, 0) is 11.8 Å². The molecule has 2 heterocycles. The van der Waals surface area contributed by atoms with Crippen LogP contribution in [0.1, 0.15) is 23.5 Å². The van der Waals surface area contributed by atoms with E-state index < -0.39 is 5.92 Å². The third-order valence-corrected chi connectivity index (χ3v) is 5.25. The van der Waals surface area contributed by atoms with Crippen LogP contribution < -0.4 is 15.6 Å². The van der Waals surface area contributed by atoms with E-state index in [4.69, 9.17) is 4.74 Å². The van der Waals surface area contributed by atoms with Gasteiger partial charge in [0.25, 0.3) is 5.56 Å². The van der Waals surface area contributed by atoms with Crippen molar-refractivity contribution >= 4 is 23.5 Å². The van der Waals surface area contributed by atoms with Crippen molar-refractivity contribution in [2.45, 2.75) is 17.5 Å². The quantitative estimate of drug-likeness (QED) is 0.474. The molecule has 1 aromatic carbocycles. The molecule has 0 radical (unpaired) electrons. The highest BCUT2D eigenvalue weighted by Gasteiger charge is 2.33. The van der Waals surface area contributed by atoms with Crippen molar-refractivity contribution in [3.05, 3.63) is 52.3 Å². The van der Waals surface area contributed by atoms with E-state index in [0.717, 1.165) is 0 Å². The number of aromatic hydroxyl groups is 1. The molecule has 1 amide bonds. The molecule has 8 heteroatoms. The average Bonchev–Trinajstić information content (AvgIpc) is 2.62. The number of ether oxygens (including phenoxy) is 1. The standard InChI is InChI=1S/C18H19N3O4S/c1-4-7-26-18-20-17(24)15-12(9-14(23)19-16(15)21(18)2)11-6-5-10(22)8-13(11)25-3/h4-6,8,12,22H,1,7,9H2,2-3H3,(H,19,23)/t12-/m1/s1. The third kappa shape index (κ3) is 3.20. The summed E-state index contributed by atoms with van der Waals surface area (Å²) in [4.78, 5) is 29.2. The van der Waals surface area contributed by atoms with Gasteiger partial charge in [-0.3, -0.25) is 9.59 Å². The number of nitrogens with zero attached hydrogens (tertiary/aromatic N) is 2. The molecule has 0 unspecified atom stereocenters. The summed E-state index contributed by atoms with van der Waals surface area (Å²) in [5, 5.41) is 13.0. The Morgan fingerprint density at radius 2 is 2.27 bits per heavy atom. The van der Waals surface area contributed by atoms with Crippen LogP contribution in [0.15, 0.2) is 40.8 Å². The molecule has 0 bridgehead atoms. The Labute approximate surface area is 154 Å². The Kier molecular flexibility index (Phi) is 5.03. The van der Waals surface area contributed by atoms with Crippen LogP contribution in [0.5, 0.6) is 11.5 Å². The van der Waals surface area contributed by atoms with Crippen molar-refractivity contribution < 1.29 is 14.6 Å². The summed E-state index contributed by atoms with van der Waals surface area (Å²) in [6.45, 7) is 3.67. The first-order valence-corrected chi connectivity index (χ1v) is 8.96. The zero-order valence-corrected chi connectivity index (χ0v) is 15.3. The highest BCUT2D eigenvalue weighted by Crippen LogP contribution is 2.40. The van der Waals surface area contributed by atoms with Gasteiger partial charge in [0.2, 0.25) is 5.91 Å². The number of hydrogen-bond donors (Lipinski definition) is 2. The van der Waals surface area contributed by atoms with Crippen LogP contribution in [0.2, 0.25) is 0 Å². The van der Waals surface area contributed by atoms with Crippen molar-refractivity contribution in [2.24, 2.45) is 7.05 Å². The van der Waals surface area contributed by atoms with E-state index in [0.29, 0.717) is 33.6 Å². The van der Waals surface area contributed by atoms with Crippen LogP contribution in [0, 0.1) is 0 Å². The molecule has 1 aliphatic rings. The highest BCUT2D eigenvalue weighted by atomic mass is 32.2. The van der Waals surface area contributed by atoms with E-state index in [-0.39, 0.29) is 23.6 Å². The molecule has 0 saturated carbocycles. The van der Waals surface area contributed by atoms with E-state index in [1.54, 1.807) is 23.8 Å². The maximum absolute atomic E-state index is 12.8. The first-order valence-electron chi connectivity index (χ1n) is 7.97. The maximum Gasteiger partial charge on any atom is 0.279 e. The Bertz CT molecular complexity index is 939. The zero-order valence-electron chi connectivity index (χ0n) is 14.5. The van der Waals surface area contributed by atoms with Gasteiger partial charge in [-0.25, -0.2) is 0 Å². The molecule has 3 rings (SSSR count). The van der Waals surface area contributed by atoms with Crippen LogP contribution in [0.3, 0.4) is 0 Å². The minimum atomic E-state index is -0.501. The molecule has 26 heavy (non-hydrogen) atoms. The molecule has 0 aliphatic carbocycles. The van der Waals surface area contributed by atoms with Crippen LogP contribution in [0.4, 0.5) is 5.82 Å². The summed E-state index contributed by atoms with van der Waals surface area (Å²) >= 11 is 1.37. The normalized spacial score (nSPS) is 15.9. The molecule has 2 aromatic rings. The summed E-state index contributed by atoms with van der Waals surface area (Å²) in [5.74, 6) is 0.809. The van der Waals surface area contributed by atoms with Gasteiger partial charge in [-0.05, 0) is 6.07 Å². The van der Waals surface area contributed by atoms with Crippen molar-refractivity contribution in [2.75, 3.05) is 18.2 Å². The minimum Gasteiger partial charge on any atom is -0.508 e. The lowest BCUT2D eigenvalue weighted by molar-refractivity contribution is -0.116. The summed E-state index contributed by atoms with van der Waals surface area (Å²) in [6.07, 6.45) is 1.82. The Morgan fingerprint density at radius 3 is 2.96 bits per heavy atom. The lowest BCUT2D eigenvalue weighted by Gasteiger charge is -2.28. The number of hydrogen-bond acceptors (Lipinski definition) is 6. The van der Waals surface area contributed by atoms with E-state index >= 15 is 0 Å². The fourth-order valence-electron chi connectivity index (χ4n) is 3.05. The minimum absolute atomic E-state index is 0.0493. The Balaban J connectivity index is 2.19. The summed E-state index contributed by atoms with van der Waals surface area (Å²) < 4.78 is 7.05. The number of benzene rings is 1. The summed E-state index contributed by atoms with van der Waals surface area (Å²) in [7, 11) is 3.24. The van der Waals surface area contributed by atoms with Gasteiger partial charge in [-0.2, -0.15) is 4.98 Å². The van der Waals surface area contributed by atoms with Gasteiger partial charge in [-0.1, -0.05) is 23.9 Å². The summed E-state index contributed by atoms with van der Waals surface area (Å²) in [5.41, 5.74) is 0.690. The molecule has 1 aromatic heterocycles. The number of aromatic nitrogens is 2. The van der Waals surface area contributed by atoms with Gasteiger partial charge in [0.15, 0.2) is 5.16 Å². The smallest absolute Gasteiger partial charge is 0.279 e. The van der Waals surface area contributed by atoms with Crippen LogP contribution >= 0.6 is 11.8 Å². The largest absolute Gasteiger partial charge is 0.508 e. The number of amides is 1. The number of phenols is 1. The van der Waals surface area contributed by atoms with E-state index in [1.165, 1.54) is 31.0 Å². The number of nitrogens with one attached hydrogen (secondary N) is 1. The fraction of sp³-hybridized carbons (Fsp3) is 0.278. The predicted octanol–water partition coefficient (Wildman–Crippen LogP) is 2.25. The van der Waals surface area contributed by atoms with Crippen LogP contribution in [-0.4, -0.2) is 33.4 Å². The van der Waals surface area contributed by atoms with Gasteiger partial charge < -0.3 is 19.7 Å². The van der Waals surface area contributed by atoms with Crippen molar-refractivity contribution in [3.8, 4) is 11.5 Å². The molecule has 136 valence electrons. The van der Waals surface area contributed by atoms with Gasteiger partial charge in [0, 0.05) is 36.8 Å². The zero-order chi connectivity index (χ0) is 18.8. The van der Waals surface area contributed by atoms with Crippen molar-refractivity contribution in [3.63, 3.8) is 0 Å². The monoisotopic (exact) mass is 373 g/mol. The van der Waals surface area contributed by atoms with Gasteiger partial charge in [0.05, 0.1) is 12.7 Å². The van der Waals surface area contributed by atoms with Crippen molar-refractivity contribution in [1.29, 1.82) is 0 Å². The van der Waals surface area contributed by atoms with E-state index in [2.05, 4.69) is 16.9 Å². The van der Waals surface area contributed by atoms with Gasteiger partial charge in [-0.15, -0.1) is 6.58 Å². The second-order valence-corrected chi connectivity index (χ2v) is 6.84. The maximum atomic E-state index is 12.8. The number of carbonyl (C=O) groups is 1. The SMILES string of the molecule is C=CCSc1nc(=O)c2c(n1C)NC(=O)C[C@@H]2c1ccc(O)cc1OC. The lowest BCUT2D eigenvalue weighted by atomic mass is 9.86. The molecule has 2 N–H and O–H groups in total. The van der Waals surface area contributed by atoms with Gasteiger partial charge in [0.1, 0.15) is 17.3 Å². The topological polar surface area (TPSA) is 93.5 Å². The Morgan fingerprint density at radius 1 is 1.50 bits per heavy atom. The second kappa shape index (κ2) is 7.25. The van der Waals surface area contributed by atoms with Crippen molar-refractivity contribution in [1.82, 2.24) is 9.55 Å². The highest BCUT2D eigenvalue weighted by molar-refractivity contribution is 7.99. The summed E-state index contributed by atoms with van der Waals surface area (Å²) in [6, 6.07) is 4.64. The molecule has 1 aliphatic heterocycles. The molecule has 0 fully saturated rings. The average molecular weight is 373 g/mol. The second-order valence-electron chi connectivity index (χ2n) is 5.85. The molecular weight excluding hydrogens is 354 g/mol. The number of phenolic OH excluding ortho intramolecular Hbond substituents is 1. The Hall–Kier alpha value is -2.74. The number of carbonyl (C=O) groups excluding carboxylic acids is 1. The predicted molar refractivity (Wildman–Crippen MR) is 100 cm³/mol. The van der Waals surface area contributed by atoms with E-state index in [9.17, 15) is 14.7 Å². The molecular formula is C18H19N3O4S. The number of thioether (sulfide) groups is 1. The first-order chi connectivity index (χ1) is 12.5. The third-order valence-electron chi connectivity index (χ3n) is 4.22. The van der Waals surface area contributed by atoms with Crippen LogP contribution in [0.25, 0.3) is 0 Å².